The maximum absolute atomic E-state index is 12.5. The van der Waals surface area contributed by atoms with Gasteiger partial charge >= 0.3 is 0 Å². The zero-order chi connectivity index (χ0) is 20.8. The molecule has 2 aromatic carbocycles. The summed E-state index contributed by atoms with van der Waals surface area (Å²) in [5.41, 5.74) is 4.91. The van der Waals surface area contributed by atoms with Crippen LogP contribution in [0.3, 0.4) is 0 Å². The average molecular weight is 432 g/mol. The van der Waals surface area contributed by atoms with Crippen LogP contribution in [0.25, 0.3) is 6.08 Å². The topological polar surface area (TPSA) is 52.7 Å². The van der Waals surface area contributed by atoms with Gasteiger partial charge in [0.1, 0.15) is 10.6 Å². The molecule has 1 saturated heterocycles. The molecule has 1 N–H and O–H groups in total. The van der Waals surface area contributed by atoms with Crippen LogP contribution in [-0.4, -0.2) is 28.9 Å². The number of amides is 2. The van der Waals surface area contributed by atoms with E-state index in [0.29, 0.717) is 0 Å². The van der Waals surface area contributed by atoms with Crippen LogP contribution in [0.4, 0.5) is 16.4 Å². The molecule has 1 aromatic heterocycles. The fraction of sp³-hybridized carbons (Fsp3) is 0.0870. The molecule has 5 nitrogen and oxygen atoms in total. The lowest BCUT2D eigenvalue weighted by atomic mass is 9.96. The van der Waals surface area contributed by atoms with E-state index < -0.39 is 11.8 Å². The Hall–Kier alpha value is -3.29. The SMILES string of the molecule is CN1C(=O)/C(=C/c2ccc(N3c4ccccc4Cc4ccccc43)s2)C(=O)NC1=S. The molecule has 2 aliphatic rings. The van der Waals surface area contributed by atoms with Crippen LogP contribution in [-0.2, 0) is 16.0 Å². The first-order valence-corrected chi connectivity index (χ1v) is 10.7. The minimum Gasteiger partial charge on any atom is -0.301 e. The first-order chi connectivity index (χ1) is 14.5. The highest BCUT2D eigenvalue weighted by atomic mass is 32.1. The van der Waals surface area contributed by atoms with Gasteiger partial charge in [-0.15, -0.1) is 11.3 Å². The number of rotatable bonds is 2. The third kappa shape index (κ3) is 3.03. The smallest absolute Gasteiger partial charge is 0.265 e. The summed E-state index contributed by atoms with van der Waals surface area (Å²) in [6, 6.07) is 20.7. The number of hydrogen-bond donors (Lipinski definition) is 1. The van der Waals surface area contributed by atoms with Crippen LogP contribution in [0.5, 0.6) is 0 Å². The second-order valence-corrected chi connectivity index (χ2v) is 8.61. The Labute approximate surface area is 183 Å². The van der Waals surface area contributed by atoms with Crippen molar-refractivity contribution in [2.24, 2.45) is 0 Å². The molecule has 0 aliphatic carbocycles. The Bertz CT molecular complexity index is 1200. The van der Waals surface area contributed by atoms with Gasteiger partial charge < -0.3 is 4.90 Å². The predicted octanol–water partition coefficient (Wildman–Crippen LogP) is 4.38. The van der Waals surface area contributed by atoms with Gasteiger partial charge in [-0.05, 0) is 53.7 Å². The van der Waals surface area contributed by atoms with Crippen molar-refractivity contribution in [1.82, 2.24) is 10.2 Å². The van der Waals surface area contributed by atoms with Gasteiger partial charge in [0, 0.05) is 18.3 Å². The number of likely N-dealkylation sites (N-methyl/N-ethyl adjacent to an activating group) is 1. The van der Waals surface area contributed by atoms with Gasteiger partial charge in [0.25, 0.3) is 11.8 Å². The second-order valence-electron chi connectivity index (χ2n) is 7.13. The van der Waals surface area contributed by atoms with Crippen molar-refractivity contribution in [2.75, 3.05) is 11.9 Å². The number of nitrogens with zero attached hydrogens (tertiary/aromatic N) is 2. The molecule has 3 aromatic rings. The molecule has 2 amide bonds. The fourth-order valence-electron chi connectivity index (χ4n) is 3.76. The highest BCUT2D eigenvalue weighted by molar-refractivity contribution is 7.80. The van der Waals surface area contributed by atoms with E-state index in [0.717, 1.165) is 27.7 Å². The van der Waals surface area contributed by atoms with Crippen molar-refractivity contribution in [3.05, 3.63) is 82.2 Å². The van der Waals surface area contributed by atoms with E-state index in [1.54, 1.807) is 13.1 Å². The molecule has 3 heterocycles. The highest BCUT2D eigenvalue weighted by Gasteiger charge is 2.31. The van der Waals surface area contributed by atoms with Crippen LogP contribution < -0.4 is 10.2 Å². The zero-order valence-electron chi connectivity index (χ0n) is 16.1. The lowest BCUT2D eigenvalue weighted by molar-refractivity contribution is -0.128. The van der Waals surface area contributed by atoms with Gasteiger partial charge in [-0.1, -0.05) is 36.4 Å². The number of para-hydroxylation sites is 2. The molecule has 0 atom stereocenters. The Balaban J connectivity index is 1.56. The number of nitrogens with one attached hydrogen (secondary N) is 1. The third-order valence-electron chi connectivity index (χ3n) is 5.27. The molecule has 2 aliphatic heterocycles. The van der Waals surface area contributed by atoms with Crippen LogP contribution in [0.1, 0.15) is 16.0 Å². The van der Waals surface area contributed by atoms with E-state index in [9.17, 15) is 9.59 Å². The molecule has 0 radical (unpaired) electrons. The Morgan fingerprint density at radius 2 is 1.60 bits per heavy atom. The van der Waals surface area contributed by atoms with Gasteiger partial charge in [-0.3, -0.25) is 19.8 Å². The first kappa shape index (κ1) is 18.7. The van der Waals surface area contributed by atoms with Gasteiger partial charge in [0.05, 0.1) is 11.4 Å². The maximum atomic E-state index is 12.5. The molecular weight excluding hydrogens is 414 g/mol. The summed E-state index contributed by atoms with van der Waals surface area (Å²) in [6.45, 7) is 0. The largest absolute Gasteiger partial charge is 0.301 e. The molecule has 7 heteroatoms. The molecule has 0 unspecified atom stereocenters. The maximum Gasteiger partial charge on any atom is 0.265 e. The first-order valence-electron chi connectivity index (χ1n) is 9.44. The third-order valence-corrected chi connectivity index (χ3v) is 6.66. The van der Waals surface area contributed by atoms with Gasteiger partial charge in [0.15, 0.2) is 5.11 Å². The Kier molecular flexibility index (Phi) is 4.49. The fourth-order valence-corrected chi connectivity index (χ4v) is 4.91. The highest BCUT2D eigenvalue weighted by Crippen LogP contribution is 2.46. The lowest BCUT2D eigenvalue weighted by Crippen LogP contribution is -2.52. The van der Waals surface area contributed by atoms with Gasteiger partial charge in [-0.25, -0.2) is 0 Å². The number of hydrogen-bond acceptors (Lipinski definition) is 5. The van der Waals surface area contributed by atoms with Crippen molar-refractivity contribution in [3.8, 4) is 0 Å². The number of anilines is 3. The normalized spacial score (nSPS) is 17.1. The summed E-state index contributed by atoms with van der Waals surface area (Å²) in [4.78, 5) is 29.1. The summed E-state index contributed by atoms with van der Waals surface area (Å²) in [6.07, 6.45) is 2.53. The molecule has 0 bridgehead atoms. The average Bonchev–Trinajstić information content (AvgIpc) is 3.21. The number of fused-ring (bicyclic) bond motifs is 2. The van der Waals surface area contributed by atoms with Crippen LogP contribution in [0.2, 0.25) is 0 Å². The number of carbonyl (C=O) groups is 2. The number of carbonyl (C=O) groups excluding carboxylic acids is 2. The van der Waals surface area contributed by atoms with E-state index in [4.69, 9.17) is 12.2 Å². The molecule has 0 saturated carbocycles. The lowest BCUT2D eigenvalue weighted by Gasteiger charge is -2.32. The molecular formula is C23H17N3O2S2. The van der Waals surface area contributed by atoms with Crippen LogP contribution in [0, 0.1) is 0 Å². The van der Waals surface area contributed by atoms with Gasteiger partial charge in [-0.2, -0.15) is 0 Å². The Morgan fingerprint density at radius 1 is 0.967 bits per heavy atom. The van der Waals surface area contributed by atoms with Crippen molar-refractivity contribution in [3.63, 3.8) is 0 Å². The predicted molar refractivity (Wildman–Crippen MR) is 123 cm³/mol. The minimum atomic E-state index is -0.466. The molecule has 0 spiro atoms. The molecule has 30 heavy (non-hydrogen) atoms. The van der Waals surface area contributed by atoms with Gasteiger partial charge in [0.2, 0.25) is 0 Å². The van der Waals surface area contributed by atoms with E-state index in [1.807, 2.05) is 24.3 Å². The standard InChI is InChI=1S/C23H17N3O2S2/c1-25-22(28)17(21(27)24-23(25)29)13-16-10-11-20(30-16)26-18-8-4-2-6-14(18)12-15-7-3-5-9-19(15)26/h2-11,13H,12H2,1H3,(H,24,27,29)/b17-13+. The van der Waals surface area contributed by atoms with Crippen LogP contribution in [0.15, 0.2) is 66.2 Å². The second kappa shape index (κ2) is 7.19. The van der Waals surface area contributed by atoms with Crippen LogP contribution >= 0.6 is 23.6 Å². The Morgan fingerprint density at radius 3 is 2.27 bits per heavy atom. The monoisotopic (exact) mass is 431 g/mol. The van der Waals surface area contributed by atoms with E-state index in [1.165, 1.54) is 27.4 Å². The van der Waals surface area contributed by atoms with E-state index >= 15 is 0 Å². The molecule has 1 fully saturated rings. The summed E-state index contributed by atoms with van der Waals surface area (Å²) in [5.74, 6) is -0.862. The number of thiocarbonyl (C=S) groups is 1. The summed E-state index contributed by atoms with van der Waals surface area (Å²) in [5, 5.41) is 3.69. The van der Waals surface area contributed by atoms with Crippen molar-refractivity contribution < 1.29 is 9.59 Å². The molecule has 148 valence electrons. The quantitative estimate of drug-likeness (QED) is 0.291. The number of benzene rings is 2. The van der Waals surface area contributed by atoms with Crippen molar-refractivity contribution in [1.29, 1.82) is 0 Å². The summed E-state index contributed by atoms with van der Waals surface area (Å²) >= 11 is 6.54. The van der Waals surface area contributed by atoms with E-state index in [2.05, 4.69) is 46.6 Å². The van der Waals surface area contributed by atoms with Crippen molar-refractivity contribution in [2.45, 2.75) is 6.42 Å². The minimum absolute atomic E-state index is 0.0824. The summed E-state index contributed by atoms with van der Waals surface area (Å²) < 4.78 is 0. The summed E-state index contributed by atoms with van der Waals surface area (Å²) in [7, 11) is 1.55. The van der Waals surface area contributed by atoms with E-state index in [-0.39, 0.29) is 10.7 Å². The molecule has 5 rings (SSSR count). The zero-order valence-corrected chi connectivity index (χ0v) is 17.7. The number of thiophene rings is 1. The van der Waals surface area contributed by atoms with Crippen molar-refractivity contribution >= 4 is 62.9 Å².